The van der Waals surface area contributed by atoms with Gasteiger partial charge in [0.15, 0.2) is 0 Å². The molecule has 0 aromatic carbocycles. The van der Waals surface area contributed by atoms with E-state index >= 15 is 0 Å². The van der Waals surface area contributed by atoms with E-state index in [-0.39, 0.29) is 11.7 Å². The molecule has 1 unspecified atom stereocenters. The standard InChI is InChI=1S/C11H12N4O3/c1-3-17-11(16)7(2)10-14-9(15-18-10)8-12-5-4-6-13-8/h4-7H,3H2,1-2H3. The number of nitrogens with zero attached hydrogens (tertiary/aromatic N) is 4. The van der Waals surface area contributed by atoms with Crippen LogP contribution in [0.2, 0.25) is 0 Å². The van der Waals surface area contributed by atoms with Crippen LogP contribution in [0.3, 0.4) is 0 Å². The van der Waals surface area contributed by atoms with Crippen molar-refractivity contribution in [1.82, 2.24) is 20.1 Å². The summed E-state index contributed by atoms with van der Waals surface area (Å²) in [5.74, 6) is -0.210. The molecule has 0 aliphatic rings. The van der Waals surface area contributed by atoms with Crippen molar-refractivity contribution in [2.75, 3.05) is 6.61 Å². The lowest BCUT2D eigenvalue weighted by atomic mass is 10.2. The molecule has 0 radical (unpaired) electrons. The summed E-state index contributed by atoms with van der Waals surface area (Å²) in [7, 11) is 0. The van der Waals surface area contributed by atoms with E-state index in [1.54, 1.807) is 32.3 Å². The quantitative estimate of drug-likeness (QED) is 0.750. The van der Waals surface area contributed by atoms with Crippen LogP contribution >= 0.6 is 0 Å². The highest BCUT2D eigenvalue weighted by molar-refractivity contribution is 5.76. The van der Waals surface area contributed by atoms with Crippen molar-refractivity contribution in [2.24, 2.45) is 0 Å². The Labute approximate surface area is 103 Å². The van der Waals surface area contributed by atoms with E-state index in [1.807, 2.05) is 0 Å². The summed E-state index contributed by atoms with van der Waals surface area (Å²) in [6.07, 6.45) is 3.15. The molecule has 94 valence electrons. The Hall–Kier alpha value is -2.31. The van der Waals surface area contributed by atoms with Crippen molar-refractivity contribution in [3.63, 3.8) is 0 Å². The smallest absolute Gasteiger partial charge is 0.318 e. The molecule has 0 bridgehead atoms. The van der Waals surface area contributed by atoms with Crippen LogP contribution < -0.4 is 0 Å². The lowest BCUT2D eigenvalue weighted by molar-refractivity contribution is -0.145. The molecule has 0 spiro atoms. The molecule has 1 atom stereocenters. The molecule has 2 aromatic heterocycles. The first-order valence-corrected chi connectivity index (χ1v) is 5.50. The highest BCUT2D eigenvalue weighted by atomic mass is 16.5. The van der Waals surface area contributed by atoms with Gasteiger partial charge < -0.3 is 9.26 Å². The van der Waals surface area contributed by atoms with Gasteiger partial charge in [0.1, 0.15) is 5.92 Å². The number of rotatable bonds is 4. The summed E-state index contributed by atoms with van der Waals surface area (Å²) in [4.78, 5) is 23.6. The SMILES string of the molecule is CCOC(=O)C(C)c1nc(-c2ncccn2)no1. The molecule has 7 heteroatoms. The Morgan fingerprint density at radius 2 is 2.11 bits per heavy atom. The molecule has 18 heavy (non-hydrogen) atoms. The largest absolute Gasteiger partial charge is 0.465 e. The zero-order valence-corrected chi connectivity index (χ0v) is 10.0. The first kappa shape index (κ1) is 12.2. The Balaban J connectivity index is 2.18. The van der Waals surface area contributed by atoms with E-state index in [1.165, 1.54) is 0 Å². The third kappa shape index (κ3) is 2.50. The van der Waals surface area contributed by atoms with E-state index in [4.69, 9.17) is 9.26 Å². The summed E-state index contributed by atoms with van der Waals surface area (Å²) in [6, 6.07) is 1.69. The highest BCUT2D eigenvalue weighted by Gasteiger charge is 2.23. The summed E-state index contributed by atoms with van der Waals surface area (Å²) < 4.78 is 9.88. The Kier molecular flexibility index (Phi) is 3.61. The number of esters is 1. The summed E-state index contributed by atoms with van der Waals surface area (Å²) in [5, 5.41) is 3.73. The molecular formula is C11H12N4O3. The highest BCUT2D eigenvalue weighted by Crippen LogP contribution is 2.17. The zero-order chi connectivity index (χ0) is 13.0. The van der Waals surface area contributed by atoms with Crippen LogP contribution in [-0.4, -0.2) is 32.7 Å². The number of hydrogen-bond acceptors (Lipinski definition) is 7. The van der Waals surface area contributed by atoms with Crippen molar-refractivity contribution >= 4 is 5.97 Å². The minimum absolute atomic E-state index is 0.191. The van der Waals surface area contributed by atoms with Gasteiger partial charge in [-0.3, -0.25) is 4.79 Å². The summed E-state index contributed by atoms with van der Waals surface area (Å²) in [6.45, 7) is 3.69. The average molecular weight is 248 g/mol. The van der Waals surface area contributed by atoms with Crippen molar-refractivity contribution < 1.29 is 14.1 Å². The maximum Gasteiger partial charge on any atom is 0.318 e. The Morgan fingerprint density at radius 1 is 1.39 bits per heavy atom. The molecule has 0 fully saturated rings. The van der Waals surface area contributed by atoms with Gasteiger partial charge in [-0.25, -0.2) is 9.97 Å². The van der Waals surface area contributed by atoms with Crippen molar-refractivity contribution in [1.29, 1.82) is 0 Å². The molecule has 0 amide bonds. The fraction of sp³-hybridized carbons (Fsp3) is 0.364. The van der Waals surface area contributed by atoms with Crippen molar-refractivity contribution in [3.05, 3.63) is 24.4 Å². The predicted molar refractivity (Wildman–Crippen MR) is 60.4 cm³/mol. The van der Waals surface area contributed by atoms with Crippen LogP contribution in [0.1, 0.15) is 25.7 Å². The number of ether oxygens (including phenoxy) is 1. The van der Waals surface area contributed by atoms with Gasteiger partial charge in [0.05, 0.1) is 6.61 Å². The van der Waals surface area contributed by atoms with E-state index in [0.717, 1.165) is 0 Å². The fourth-order valence-corrected chi connectivity index (χ4v) is 1.28. The number of hydrogen-bond donors (Lipinski definition) is 0. The van der Waals surface area contributed by atoms with Gasteiger partial charge in [-0.15, -0.1) is 0 Å². The van der Waals surface area contributed by atoms with E-state index in [2.05, 4.69) is 20.1 Å². The molecule has 0 N–H and O–H groups in total. The number of carbonyl (C=O) groups is 1. The molecule has 0 aliphatic heterocycles. The van der Waals surface area contributed by atoms with Crippen LogP contribution in [0.25, 0.3) is 11.6 Å². The Bertz CT molecular complexity index is 526. The molecule has 2 aromatic rings. The number of carbonyl (C=O) groups excluding carboxylic acids is 1. The van der Waals surface area contributed by atoms with E-state index in [9.17, 15) is 4.79 Å². The van der Waals surface area contributed by atoms with Crippen molar-refractivity contribution in [3.8, 4) is 11.6 Å². The van der Waals surface area contributed by atoms with E-state index < -0.39 is 11.9 Å². The summed E-state index contributed by atoms with van der Waals surface area (Å²) in [5.41, 5.74) is 0. The van der Waals surface area contributed by atoms with Gasteiger partial charge in [0, 0.05) is 12.4 Å². The second-order valence-electron chi connectivity index (χ2n) is 3.50. The van der Waals surface area contributed by atoms with Gasteiger partial charge in [0.2, 0.25) is 17.5 Å². The normalized spacial score (nSPS) is 12.1. The minimum Gasteiger partial charge on any atom is -0.465 e. The molecule has 0 saturated carbocycles. The lowest BCUT2D eigenvalue weighted by Crippen LogP contribution is -2.13. The average Bonchev–Trinajstić information content (AvgIpc) is 2.89. The predicted octanol–water partition coefficient (Wildman–Crippen LogP) is 1.19. The third-order valence-electron chi connectivity index (χ3n) is 2.22. The molecule has 0 aliphatic carbocycles. The Morgan fingerprint density at radius 3 is 2.78 bits per heavy atom. The van der Waals surface area contributed by atoms with Crippen LogP contribution in [0.15, 0.2) is 23.0 Å². The van der Waals surface area contributed by atoms with Gasteiger partial charge in [-0.05, 0) is 19.9 Å². The van der Waals surface area contributed by atoms with Gasteiger partial charge >= 0.3 is 5.97 Å². The third-order valence-corrected chi connectivity index (χ3v) is 2.22. The molecule has 7 nitrogen and oxygen atoms in total. The van der Waals surface area contributed by atoms with Crippen LogP contribution in [0, 0.1) is 0 Å². The van der Waals surface area contributed by atoms with Crippen LogP contribution in [0.4, 0.5) is 0 Å². The molecule has 0 saturated heterocycles. The van der Waals surface area contributed by atoms with Gasteiger partial charge in [0.25, 0.3) is 0 Å². The molecule has 2 heterocycles. The second-order valence-corrected chi connectivity index (χ2v) is 3.50. The minimum atomic E-state index is -0.602. The van der Waals surface area contributed by atoms with E-state index in [0.29, 0.717) is 12.4 Å². The first-order chi connectivity index (χ1) is 8.72. The molecular weight excluding hydrogens is 236 g/mol. The molecule has 2 rings (SSSR count). The maximum absolute atomic E-state index is 11.5. The van der Waals surface area contributed by atoms with Crippen molar-refractivity contribution in [2.45, 2.75) is 19.8 Å². The summed E-state index contributed by atoms with van der Waals surface area (Å²) >= 11 is 0. The number of aromatic nitrogens is 4. The van der Waals surface area contributed by atoms with Gasteiger partial charge in [-0.2, -0.15) is 4.98 Å². The monoisotopic (exact) mass is 248 g/mol. The lowest BCUT2D eigenvalue weighted by Gasteiger charge is -2.04. The zero-order valence-electron chi connectivity index (χ0n) is 10.0. The van der Waals surface area contributed by atoms with Crippen LogP contribution in [0.5, 0.6) is 0 Å². The topological polar surface area (TPSA) is 91.0 Å². The second kappa shape index (κ2) is 5.35. The fourth-order valence-electron chi connectivity index (χ4n) is 1.28. The maximum atomic E-state index is 11.5. The van der Waals surface area contributed by atoms with Gasteiger partial charge in [-0.1, -0.05) is 5.16 Å². The van der Waals surface area contributed by atoms with Crippen LogP contribution in [-0.2, 0) is 9.53 Å². The first-order valence-electron chi connectivity index (χ1n) is 5.50.